The van der Waals surface area contributed by atoms with Crippen molar-refractivity contribution in [1.82, 2.24) is 9.88 Å². The molecule has 136 valence electrons. The lowest BCUT2D eigenvalue weighted by molar-refractivity contribution is -0.128. The van der Waals surface area contributed by atoms with Gasteiger partial charge in [-0.1, -0.05) is 12.1 Å². The standard InChI is InChI=1S/C17H17FN4O3S/c18-12-3-1-2-10(4-12)7-22-8-11(5-15(22)24)16(25)21-17-20-13(9-26-17)6-14(19)23/h1-4,9,11H,5-8H2,(H2,19,23)(H,20,21,25)/t11-/m0/s1. The van der Waals surface area contributed by atoms with Crippen molar-refractivity contribution < 1.29 is 18.8 Å². The van der Waals surface area contributed by atoms with E-state index in [1.54, 1.807) is 22.4 Å². The van der Waals surface area contributed by atoms with Gasteiger partial charge in [-0.3, -0.25) is 14.4 Å². The van der Waals surface area contributed by atoms with Crippen molar-refractivity contribution in [2.75, 3.05) is 11.9 Å². The molecular formula is C17H17FN4O3S. The van der Waals surface area contributed by atoms with Crippen molar-refractivity contribution in [3.05, 3.63) is 46.7 Å². The zero-order chi connectivity index (χ0) is 18.7. The van der Waals surface area contributed by atoms with E-state index < -0.39 is 11.8 Å². The molecule has 3 N–H and O–H groups in total. The number of carbonyl (C=O) groups is 3. The highest BCUT2D eigenvalue weighted by atomic mass is 32.1. The lowest BCUT2D eigenvalue weighted by Gasteiger charge is -2.16. The van der Waals surface area contributed by atoms with Crippen molar-refractivity contribution >= 4 is 34.2 Å². The predicted molar refractivity (Wildman–Crippen MR) is 93.6 cm³/mol. The summed E-state index contributed by atoms with van der Waals surface area (Å²) < 4.78 is 13.3. The Morgan fingerprint density at radius 1 is 1.42 bits per heavy atom. The maximum Gasteiger partial charge on any atom is 0.231 e. The van der Waals surface area contributed by atoms with Gasteiger partial charge in [-0.25, -0.2) is 9.37 Å². The van der Waals surface area contributed by atoms with Gasteiger partial charge >= 0.3 is 0 Å². The van der Waals surface area contributed by atoms with Crippen LogP contribution in [0.15, 0.2) is 29.6 Å². The quantitative estimate of drug-likeness (QED) is 0.793. The molecule has 26 heavy (non-hydrogen) atoms. The number of primary amides is 1. The van der Waals surface area contributed by atoms with Crippen molar-refractivity contribution in [2.24, 2.45) is 11.7 Å². The molecule has 3 rings (SSSR count). The molecule has 7 nitrogen and oxygen atoms in total. The molecule has 0 bridgehead atoms. The summed E-state index contributed by atoms with van der Waals surface area (Å²) in [6, 6.07) is 6.03. The van der Waals surface area contributed by atoms with Crippen LogP contribution in [0.1, 0.15) is 17.7 Å². The van der Waals surface area contributed by atoms with Gasteiger partial charge < -0.3 is 16.0 Å². The van der Waals surface area contributed by atoms with E-state index in [1.807, 2.05) is 0 Å². The molecule has 9 heteroatoms. The first kappa shape index (κ1) is 18.0. The fourth-order valence-corrected chi connectivity index (χ4v) is 3.50. The van der Waals surface area contributed by atoms with Gasteiger partial charge in [-0.05, 0) is 17.7 Å². The minimum absolute atomic E-state index is 0.00962. The summed E-state index contributed by atoms with van der Waals surface area (Å²) in [6.45, 7) is 0.529. The molecular weight excluding hydrogens is 359 g/mol. The zero-order valence-electron chi connectivity index (χ0n) is 13.8. The van der Waals surface area contributed by atoms with E-state index in [9.17, 15) is 18.8 Å². The summed E-state index contributed by atoms with van der Waals surface area (Å²) in [5, 5.41) is 4.68. The molecule has 2 aromatic rings. The topological polar surface area (TPSA) is 105 Å². The third kappa shape index (κ3) is 4.42. The van der Waals surface area contributed by atoms with Gasteiger partial charge in [0, 0.05) is 24.9 Å². The Kier molecular flexibility index (Phi) is 5.27. The van der Waals surface area contributed by atoms with E-state index >= 15 is 0 Å². The van der Waals surface area contributed by atoms with Gasteiger partial charge in [-0.2, -0.15) is 0 Å². The molecule has 0 unspecified atom stereocenters. The highest BCUT2D eigenvalue weighted by Crippen LogP contribution is 2.23. The number of carbonyl (C=O) groups excluding carboxylic acids is 3. The first-order valence-electron chi connectivity index (χ1n) is 7.96. The fraction of sp³-hybridized carbons (Fsp3) is 0.294. The smallest absolute Gasteiger partial charge is 0.231 e. The Hall–Kier alpha value is -2.81. The Labute approximate surface area is 153 Å². The summed E-state index contributed by atoms with van der Waals surface area (Å²) in [5.74, 6) is -1.82. The van der Waals surface area contributed by atoms with Crippen LogP contribution in [-0.4, -0.2) is 34.2 Å². The van der Waals surface area contributed by atoms with Gasteiger partial charge in [0.2, 0.25) is 17.7 Å². The third-order valence-corrected chi connectivity index (χ3v) is 4.79. The second-order valence-electron chi connectivity index (χ2n) is 6.08. The van der Waals surface area contributed by atoms with Crippen molar-refractivity contribution in [3.63, 3.8) is 0 Å². The summed E-state index contributed by atoms with van der Waals surface area (Å²) >= 11 is 1.19. The van der Waals surface area contributed by atoms with Crippen LogP contribution >= 0.6 is 11.3 Å². The highest BCUT2D eigenvalue weighted by molar-refractivity contribution is 7.13. The van der Waals surface area contributed by atoms with Gasteiger partial charge in [0.1, 0.15) is 5.82 Å². The number of rotatable bonds is 6. The Morgan fingerprint density at radius 2 is 2.23 bits per heavy atom. The van der Waals surface area contributed by atoms with E-state index in [-0.39, 0.29) is 43.6 Å². The number of aromatic nitrogens is 1. The van der Waals surface area contributed by atoms with Gasteiger partial charge in [0.05, 0.1) is 18.0 Å². The van der Waals surface area contributed by atoms with Crippen LogP contribution in [-0.2, 0) is 27.3 Å². The number of amides is 3. The van der Waals surface area contributed by atoms with Crippen LogP contribution in [0.25, 0.3) is 0 Å². The first-order valence-corrected chi connectivity index (χ1v) is 8.84. The Morgan fingerprint density at radius 3 is 2.96 bits per heavy atom. The van der Waals surface area contributed by atoms with Crippen LogP contribution in [0, 0.1) is 11.7 Å². The van der Waals surface area contributed by atoms with E-state index in [0.29, 0.717) is 16.4 Å². The van der Waals surface area contributed by atoms with Crippen LogP contribution < -0.4 is 11.1 Å². The van der Waals surface area contributed by atoms with E-state index in [1.165, 1.54) is 23.5 Å². The molecule has 0 spiro atoms. The molecule has 2 heterocycles. The van der Waals surface area contributed by atoms with Crippen LogP contribution in [0.5, 0.6) is 0 Å². The highest BCUT2D eigenvalue weighted by Gasteiger charge is 2.34. The molecule has 0 saturated carbocycles. The minimum Gasteiger partial charge on any atom is -0.369 e. The number of hydrogen-bond donors (Lipinski definition) is 2. The van der Waals surface area contributed by atoms with Gasteiger partial charge in [-0.15, -0.1) is 11.3 Å². The van der Waals surface area contributed by atoms with Gasteiger partial charge in [0.25, 0.3) is 0 Å². The van der Waals surface area contributed by atoms with Gasteiger partial charge in [0.15, 0.2) is 5.13 Å². The molecule has 0 radical (unpaired) electrons. The average molecular weight is 376 g/mol. The van der Waals surface area contributed by atoms with Crippen molar-refractivity contribution in [1.29, 1.82) is 0 Å². The number of halogens is 1. The second-order valence-corrected chi connectivity index (χ2v) is 6.94. The summed E-state index contributed by atoms with van der Waals surface area (Å²) in [6.07, 6.45) is 0.108. The molecule has 1 saturated heterocycles. The molecule has 1 aliphatic heterocycles. The Bertz CT molecular complexity index is 854. The summed E-state index contributed by atoms with van der Waals surface area (Å²) in [5.41, 5.74) is 6.28. The molecule has 1 aliphatic rings. The third-order valence-electron chi connectivity index (χ3n) is 3.98. The normalized spacial score (nSPS) is 16.7. The number of nitrogens with one attached hydrogen (secondary N) is 1. The van der Waals surface area contributed by atoms with Crippen molar-refractivity contribution in [3.8, 4) is 0 Å². The molecule has 3 amide bonds. The number of nitrogens with two attached hydrogens (primary N) is 1. The minimum atomic E-state index is -0.500. The number of anilines is 1. The van der Waals surface area contributed by atoms with E-state index in [2.05, 4.69) is 10.3 Å². The predicted octanol–water partition coefficient (Wildman–Crippen LogP) is 1.30. The average Bonchev–Trinajstić information content (AvgIpc) is 3.14. The van der Waals surface area contributed by atoms with Crippen LogP contribution in [0.2, 0.25) is 0 Å². The largest absolute Gasteiger partial charge is 0.369 e. The lowest BCUT2D eigenvalue weighted by atomic mass is 10.1. The number of benzene rings is 1. The maximum atomic E-state index is 13.3. The molecule has 1 atom stereocenters. The molecule has 1 aromatic carbocycles. The van der Waals surface area contributed by atoms with Crippen LogP contribution in [0.4, 0.5) is 9.52 Å². The summed E-state index contributed by atoms with van der Waals surface area (Å²) in [7, 11) is 0. The lowest BCUT2D eigenvalue weighted by Crippen LogP contribution is -2.28. The second kappa shape index (κ2) is 7.61. The van der Waals surface area contributed by atoms with Crippen LogP contribution in [0.3, 0.4) is 0 Å². The van der Waals surface area contributed by atoms with E-state index in [0.717, 1.165) is 0 Å². The molecule has 1 fully saturated rings. The monoisotopic (exact) mass is 376 g/mol. The molecule has 0 aliphatic carbocycles. The fourth-order valence-electron chi connectivity index (χ4n) is 2.79. The summed E-state index contributed by atoms with van der Waals surface area (Å²) in [4.78, 5) is 41.1. The number of likely N-dealkylation sites (tertiary alicyclic amines) is 1. The Balaban J connectivity index is 1.58. The first-order chi connectivity index (χ1) is 12.4. The number of hydrogen-bond acceptors (Lipinski definition) is 5. The molecule has 1 aromatic heterocycles. The zero-order valence-corrected chi connectivity index (χ0v) is 14.6. The maximum absolute atomic E-state index is 13.3. The van der Waals surface area contributed by atoms with Crippen molar-refractivity contribution in [2.45, 2.75) is 19.4 Å². The van der Waals surface area contributed by atoms with E-state index in [4.69, 9.17) is 5.73 Å². The number of nitrogens with zero attached hydrogens (tertiary/aromatic N) is 2. The SMILES string of the molecule is NC(=O)Cc1csc(NC(=O)[C@H]2CC(=O)N(Cc3cccc(F)c3)C2)n1. The number of thiazole rings is 1.